The zero-order valence-corrected chi connectivity index (χ0v) is 7.30. The van der Waals surface area contributed by atoms with Gasteiger partial charge < -0.3 is 5.11 Å². The number of hydrogen-bond acceptors (Lipinski definition) is 4. The van der Waals surface area contributed by atoms with Gasteiger partial charge in [0.15, 0.2) is 5.78 Å². The molecule has 2 rings (SSSR count). The Morgan fingerprint density at radius 1 is 1.57 bits per heavy atom. The monoisotopic (exact) mass is 195 g/mol. The molecule has 0 radical (unpaired) electrons. The number of rotatable bonds is 4. The van der Waals surface area contributed by atoms with Crippen LogP contribution in [0.4, 0.5) is 0 Å². The van der Waals surface area contributed by atoms with Crippen molar-refractivity contribution in [3.8, 4) is 0 Å². The second-order valence-corrected chi connectivity index (χ2v) is 3.38. The number of H-pyrrole nitrogens is 1. The molecular weight excluding hydrogens is 186 g/mol. The Labute approximate surface area is 79.3 Å². The molecule has 0 aromatic carbocycles. The van der Waals surface area contributed by atoms with E-state index in [2.05, 4.69) is 15.4 Å². The quantitative estimate of drug-likeness (QED) is 0.524. The highest BCUT2D eigenvalue weighted by Gasteiger charge is 2.42. The Morgan fingerprint density at radius 3 is 2.71 bits per heavy atom. The van der Waals surface area contributed by atoms with E-state index in [4.69, 9.17) is 5.11 Å². The minimum Gasteiger partial charge on any atom is -0.481 e. The third-order valence-corrected chi connectivity index (χ3v) is 2.31. The average molecular weight is 195 g/mol. The number of aromatic nitrogens is 3. The molecule has 6 nitrogen and oxygen atoms in total. The number of carboxylic acids is 1. The fraction of sp³-hybridized carbons (Fsp3) is 0.500. The molecule has 1 atom stereocenters. The molecule has 1 heterocycles. The van der Waals surface area contributed by atoms with E-state index in [0.29, 0.717) is 0 Å². The standard InChI is InChI=1S/C8H9N3O3/c12-7(5-3-9-11-10-5)6(8(13)14)4-1-2-4/h3-4,6H,1-2H2,(H,13,14)(H,9,10,11). The number of carbonyl (C=O) groups excluding carboxylic acids is 1. The average Bonchev–Trinajstić information content (AvgIpc) is 2.82. The summed E-state index contributed by atoms with van der Waals surface area (Å²) in [7, 11) is 0. The first-order chi connectivity index (χ1) is 6.70. The van der Waals surface area contributed by atoms with Gasteiger partial charge in [0.2, 0.25) is 0 Å². The molecule has 1 aliphatic rings. The van der Waals surface area contributed by atoms with Crippen LogP contribution in [0.25, 0.3) is 0 Å². The van der Waals surface area contributed by atoms with Crippen LogP contribution in [-0.2, 0) is 4.79 Å². The Balaban J connectivity index is 2.19. The van der Waals surface area contributed by atoms with E-state index in [9.17, 15) is 9.59 Å². The molecule has 0 aliphatic heterocycles. The van der Waals surface area contributed by atoms with Gasteiger partial charge in [-0.05, 0) is 18.8 Å². The molecule has 2 N–H and O–H groups in total. The molecular formula is C8H9N3O3. The van der Waals surface area contributed by atoms with Crippen molar-refractivity contribution in [1.82, 2.24) is 15.4 Å². The maximum Gasteiger partial charge on any atom is 0.314 e. The second-order valence-electron chi connectivity index (χ2n) is 3.38. The van der Waals surface area contributed by atoms with E-state index >= 15 is 0 Å². The molecule has 1 aliphatic carbocycles. The molecule has 0 amide bonds. The molecule has 1 fully saturated rings. The number of aromatic amines is 1. The van der Waals surface area contributed by atoms with Gasteiger partial charge in [-0.3, -0.25) is 14.7 Å². The highest BCUT2D eigenvalue weighted by molar-refractivity contribution is 6.07. The number of ketones is 1. The van der Waals surface area contributed by atoms with Gasteiger partial charge in [-0.15, -0.1) is 5.10 Å². The first-order valence-electron chi connectivity index (χ1n) is 4.33. The van der Waals surface area contributed by atoms with Gasteiger partial charge >= 0.3 is 5.97 Å². The van der Waals surface area contributed by atoms with Gasteiger partial charge in [0.25, 0.3) is 0 Å². The summed E-state index contributed by atoms with van der Waals surface area (Å²) in [5.41, 5.74) is 0.101. The highest BCUT2D eigenvalue weighted by Crippen LogP contribution is 2.38. The van der Waals surface area contributed by atoms with Crippen LogP contribution in [0.5, 0.6) is 0 Å². The van der Waals surface area contributed by atoms with E-state index in [-0.39, 0.29) is 11.6 Å². The largest absolute Gasteiger partial charge is 0.481 e. The topological polar surface area (TPSA) is 95.9 Å². The SMILES string of the molecule is O=C(O)C(C(=O)c1c[nH]nn1)C1CC1. The van der Waals surface area contributed by atoms with E-state index in [1.54, 1.807) is 0 Å². The Bertz CT molecular complexity index is 356. The first-order valence-corrected chi connectivity index (χ1v) is 4.33. The van der Waals surface area contributed by atoms with Crippen molar-refractivity contribution in [2.45, 2.75) is 12.8 Å². The zero-order chi connectivity index (χ0) is 10.1. The van der Waals surface area contributed by atoms with Crippen molar-refractivity contribution in [3.05, 3.63) is 11.9 Å². The number of carboxylic acid groups (broad SMARTS) is 1. The predicted molar refractivity (Wildman–Crippen MR) is 44.6 cm³/mol. The molecule has 1 saturated carbocycles. The molecule has 1 aromatic rings. The van der Waals surface area contributed by atoms with Crippen molar-refractivity contribution in [3.63, 3.8) is 0 Å². The van der Waals surface area contributed by atoms with Crippen molar-refractivity contribution < 1.29 is 14.7 Å². The van der Waals surface area contributed by atoms with Crippen LogP contribution in [-0.4, -0.2) is 32.3 Å². The number of hydrogen-bond donors (Lipinski definition) is 2. The molecule has 0 spiro atoms. The van der Waals surface area contributed by atoms with Gasteiger partial charge in [0.1, 0.15) is 11.6 Å². The highest BCUT2D eigenvalue weighted by atomic mass is 16.4. The predicted octanol–water partition coefficient (Wildman–Crippen LogP) is 0.0982. The van der Waals surface area contributed by atoms with Crippen LogP contribution < -0.4 is 0 Å². The third kappa shape index (κ3) is 1.50. The van der Waals surface area contributed by atoms with Crippen LogP contribution in [0, 0.1) is 11.8 Å². The van der Waals surface area contributed by atoms with Crippen LogP contribution in [0.2, 0.25) is 0 Å². The summed E-state index contributed by atoms with van der Waals surface area (Å²) in [5.74, 6) is -2.48. The molecule has 0 bridgehead atoms. The first kappa shape index (κ1) is 8.86. The maximum atomic E-state index is 11.6. The summed E-state index contributed by atoms with van der Waals surface area (Å²) >= 11 is 0. The lowest BCUT2D eigenvalue weighted by Crippen LogP contribution is -2.26. The Morgan fingerprint density at radius 2 is 2.29 bits per heavy atom. The van der Waals surface area contributed by atoms with Crippen LogP contribution in [0.1, 0.15) is 23.3 Å². The van der Waals surface area contributed by atoms with E-state index in [1.165, 1.54) is 6.20 Å². The van der Waals surface area contributed by atoms with E-state index in [1.807, 2.05) is 0 Å². The van der Waals surface area contributed by atoms with Gasteiger partial charge in [0.05, 0.1) is 6.20 Å². The van der Waals surface area contributed by atoms with Gasteiger partial charge in [0, 0.05) is 0 Å². The van der Waals surface area contributed by atoms with Crippen LogP contribution in [0.15, 0.2) is 6.20 Å². The van der Waals surface area contributed by atoms with Gasteiger partial charge in [-0.25, -0.2) is 0 Å². The summed E-state index contributed by atoms with van der Waals surface area (Å²) < 4.78 is 0. The molecule has 1 aromatic heterocycles. The molecule has 6 heteroatoms. The number of nitrogens with zero attached hydrogens (tertiary/aromatic N) is 2. The zero-order valence-electron chi connectivity index (χ0n) is 7.30. The fourth-order valence-electron chi connectivity index (χ4n) is 1.44. The lowest BCUT2D eigenvalue weighted by atomic mass is 9.97. The Kier molecular flexibility index (Phi) is 2.03. The van der Waals surface area contributed by atoms with Crippen LogP contribution >= 0.6 is 0 Å². The normalized spacial score (nSPS) is 17.7. The molecule has 1 unspecified atom stereocenters. The number of carbonyl (C=O) groups is 2. The van der Waals surface area contributed by atoms with Gasteiger partial charge in [-0.2, -0.15) is 0 Å². The Hall–Kier alpha value is -1.72. The van der Waals surface area contributed by atoms with Crippen molar-refractivity contribution in [2.75, 3.05) is 0 Å². The molecule has 14 heavy (non-hydrogen) atoms. The van der Waals surface area contributed by atoms with E-state index < -0.39 is 17.7 Å². The summed E-state index contributed by atoms with van der Waals surface area (Å²) in [6, 6.07) is 0. The number of aliphatic carboxylic acids is 1. The van der Waals surface area contributed by atoms with Crippen molar-refractivity contribution in [2.24, 2.45) is 11.8 Å². The molecule has 0 saturated heterocycles. The maximum absolute atomic E-state index is 11.6. The van der Waals surface area contributed by atoms with Crippen LogP contribution in [0.3, 0.4) is 0 Å². The number of Topliss-reactive ketones (excluding diaryl/α,β-unsaturated/α-hetero) is 1. The smallest absolute Gasteiger partial charge is 0.314 e. The minimum atomic E-state index is -1.07. The summed E-state index contributed by atoms with van der Waals surface area (Å²) in [5, 5.41) is 18.1. The fourth-order valence-corrected chi connectivity index (χ4v) is 1.44. The summed E-state index contributed by atoms with van der Waals surface area (Å²) in [4.78, 5) is 22.5. The second kappa shape index (κ2) is 3.21. The lowest BCUT2D eigenvalue weighted by molar-refractivity contribution is -0.140. The minimum absolute atomic E-state index is 0.0169. The van der Waals surface area contributed by atoms with Crippen molar-refractivity contribution in [1.29, 1.82) is 0 Å². The molecule has 74 valence electrons. The van der Waals surface area contributed by atoms with Gasteiger partial charge in [-0.1, -0.05) is 5.21 Å². The number of nitrogens with one attached hydrogen (secondary N) is 1. The van der Waals surface area contributed by atoms with Crippen molar-refractivity contribution >= 4 is 11.8 Å². The van der Waals surface area contributed by atoms with E-state index in [0.717, 1.165) is 12.8 Å². The third-order valence-electron chi connectivity index (χ3n) is 2.31. The summed E-state index contributed by atoms with van der Waals surface area (Å²) in [6.07, 6.45) is 2.93. The summed E-state index contributed by atoms with van der Waals surface area (Å²) in [6.45, 7) is 0. The lowest BCUT2D eigenvalue weighted by Gasteiger charge is -2.06.